The molecule has 7 nitrogen and oxygen atoms in total. The monoisotopic (exact) mass is 390 g/mol. The van der Waals surface area contributed by atoms with Crippen molar-refractivity contribution in [3.05, 3.63) is 53.1 Å². The average Bonchev–Trinajstić information content (AvgIpc) is 3.13. The van der Waals surface area contributed by atoms with Crippen molar-refractivity contribution in [1.82, 2.24) is 10.6 Å². The van der Waals surface area contributed by atoms with E-state index in [9.17, 15) is 9.59 Å². The summed E-state index contributed by atoms with van der Waals surface area (Å²) in [6.45, 7) is 1.93. The molecule has 1 atom stereocenters. The molecule has 1 aliphatic heterocycles. The highest BCUT2D eigenvalue weighted by molar-refractivity contribution is 6.30. The Morgan fingerprint density at radius 2 is 1.89 bits per heavy atom. The quantitative estimate of drug-likeness (QED) is 0.757. The summed E-state index contributed by atoms with van der Waals surface area (Å²) in [7, 11) is 0. The normalized spacial score (nSPS) is 13.0. The van der Waals surface area contributed by atoms with Crippen molar-refractivity contribution in [3.63, 3.8) is 0 Å². The van der Waals surface area contributed by atoms with Crippen LogP contribution in [0.4, 0.5) is 0 Å². The standard InChI is InChI=1S/C19H19ClN2O5/c1-12(22-18(23)10-25-15-5-3-14(20)4-6-15)19(24)21-9-13-2-7-16-17(8-13)27-11-26-16/h2-8,12H,9-11H2,1H3,(H,21,24)(H,22,23)/t12-/m1/s1. The number of carbonyl (C=O) groups is 2. The molecule has 0 spiro atoms. The van der Waals surface area contributed by atoms with Gasteiger partial charge in [-0.3, -0.25) is 9.59 Å². The molecule has 1 aliphatic rings. The SMILES string of the molecule is C[C@@H](NC(=O)COc1ccc(Cl)cc1)C(=O)NCc1ccc2c(c1)OCO2. The third-order valence-corrected chi connectivity index (χ3v) is 4.11. The van der Waals surface area contributed by atoms with Gasteiger partial charge in [0.25, 0.3) is 5.91 Å². The van der Waals surface area contributed by atoms with Crippen molar-refractivity contribution in [1.29, 1.82) is 0 Å². The minimum absolute atomic E-state index is 0.193. The van der Waals surface area contributed by atoms with Gasteiger partial charge in [0.15, 0.2) is 18.1 Å². The molecule has 1 heterocycles. The third-order valence-electron chi connectivity index (χ3n) is 3.86. The van der Waals surface area contributed by atoms with Crippen LogP contribution in [0.25, 0.3) is 0 Å². The number of amides is 2. The molecule has 0 aromatic heterocycles. The maximum atomic E-state index is 12.2. The molecule has 3 rings (SSSR count). The molecule has 0 aliphatic carbocycles. The molecule has 0 radical (unpaired) electrons. The van der Waals surface area contributed by atoms with Crippen molar-refractivity contribution in [2.45, 2.75) is 19.5 Å². The summed E-state index contributed by atoms with van der Waals surface area (Å²) in [4.78, 5) is 24.1. The molecule has 0 fully saturated rings. The molecule has 2 aromatic rings. The summed E-state index contributed by atoms with van der Waals surface area (Å²) in [6.07, 6.45) is 0. The maximum Gasteiger partial charge on any atom is 0.258 e. The van der Waals surface area contributed by atoms with Crippen molar-refractivity contribution >= 4 is 23.4 Å². The number of rotatable bonds is 7. The molecule has 2 aromatic carbocycles. The van der Waals surface area contributed by atoms with Gasteiger partial charge in [0.1, 0.15) is 11.8 Å². The van der Waals surface area contributed by atoms with E-state index in [1.54, 1.807) is 37.3 Å². The van der Waals surface area contributed by atoms with Gasteiger partial charge in [-0.1, -0.05) is 17.7 Å². The van der Waals surface area contributed by atoms with Crippen LogP contribution < -0.4 is 24.8 Å². The Balaban J connectivity index is 1.41. The molecule has 0 bridgehead atoms. The Morgan fingerprint density at radius 1 is 1.15 bits per heavy atom. The zero-order valence-electron chi connectivity index (χ0n) is 14.7. The number of fused-ring (bicyclic) bond motifs is 1. The zero-order chi connectivity index (χ0) is 19.2. The lowest BCUT2D eigenvalue weighted by molar-refractivity contribution is -0.129. The van der Waals surface area contributed by atoms with Gasteiger partial charge in [-0.2, -0.15) is 0 Å². The molecular weight excluding hydrogens is 372 g/mol. The van der Waals surface area contributed by atoms with E-state index in [-0.39, 0.29) is 19.3 Å². The summed E-state index contributed by atoms with van der Waals surface area (Å²) < 4.78 is 15.9. The predicted molar refractivity (Wildman–Crippen MR) is 99.0 cm³/mol. The van der Waals surface area contributed by atoms with Crippen LogP contribution in [0.5, 0.6) is 17.2 Å². The number of halogens is 1. The van der Waals surface area contributed by atoms with Crippen LogP contribution in [0.1, 0.15) is 12.5 Å². The third kappa shape index (κ3) is 5.27. The molecule has 142 valence electrons. The fourth-order valence-electron chi connectivity index (χ4n) is 2.42. The number of hydrogen-bond donors (Lipinski definition) is 2. The highest BCUT2D eigenvalue weighted by Crippen LogP contribution is 2.32. The van der Waals surface area contributed by atoms with Gasteiger partial charge in [0.2, 0.25) is 12.7 Å². The van der Waals surface area contributed by atoms with Gasteiger partial charge in [0, 0.05) is 11.6 Å². The molecule has 2 N–H and O–H groups in total. The molecule has 27 heavy (non-hydrogen) atoms. The first-order chi connectivity index (χ1) is 13.0. The topological polar surface area (TPSA) is 85.9 Å². The summed E-state index contributed by atoms with van der Waals surface area (Å²) in [5.41, 5.74) is 0.872. The molecule has 0 saturated carbocycles. The number of carbonyl (C=O) groups excluding carboxylic acids is 2. The number of ether oxygens (including phenoxy) is 3. The van der Waals surface area contributed by atoms with Crippen LogP contribution in [0, 0.1) is 0 Å². The fourth-order valence-corrected chi connectivity index (χ4v) is 2.55. The van der Waals surface area contributed by atoms with Crippen LogP contribution >= 0.6 is 11.6 Å². The fraction of sp³-hybridized carbons (Fsp3) is 0.263. The highest BCUT2D eigenvalue weighted by Gasteiger charge is 2.17. The summed E-state index contributed by atoms with van der Waals surface area (Å²) in [5, 5.41) is 5.95. The second-order valence-corrected chi connectivity index (χ2v) is 6.37. The lowest BCUT2D eigenvalue weighted by Crippen LogP contribution is -2.46. The van der Waals surface area contributed by atoms with Gasteiger partial charge < -0.3 is 24.8 Å². The molecule has 0 unspecified atom stereocenters. The minimum Gasteiger partial charge on any atom is -0.484 e. The van der Waals surface area contributed by atoms with E-state index >= 15 is 0 Å². The van der Waals surface area contributed by atoms with Gasteiger partial charge in [0.05, 0.1) is 0 Å². The first-order valence-electron chi connectivity index (χ1n) is 8.35. The largest absolute Gasteiger partial charge is 0.484 e. The second kappa shape index (κ2) is 8.64. The number of hydrogen-bond acceptors (Lipinski definition) is 5. The minimum atomic E-state index is -0.694. The number of benzene rings is 2. The summed E-state index contributed by atoms with van der Waals surface area (Å²) >= 11 is 5.79. The predicted octanol–water partition coefficient (Wildman–Crippen LogP) is 2.27. The first kappa shape index (κ1) is 18.8. The van der Waals surface area contributed by atoms with E-state index in [1.807, 2.05) is 12.1 Å². The Morgan fingerprint density at radius 3 is 2.67 bits per heavy atom. The first-order valence-corrected chi connectivity index (χ1v) is 8.73. The van der Waals surface area contributed by atoms with Crippen molar-refractivity contribution in [3.8, 4) is 17.2 Å². The summed E-state index contributed by atoms with van der Waals surface area (Å²) in [6, 6.07) is 11.4. The van der Waals surface area contributed by atoms with E-state index in [0.717, 1.165) is 5.56 Å². The molecular formula is C19H19ClN2O5. The number of nitrogens with one attached hydrogen (secondary N) is 2. The second-order valence-electron chi connectivity index (χ2n) is 5.94. The van der Waals surface area contributed by atoms with Crippen LogP contribution in [-0.4, -0.2) is 31.3 Å². The van der Waals surface area contributed by atoms with Gasteiger partial charge in [-0.15, -0.1) is 0 Å². The highest BCUT2D eigenvalue weighted by atomic mass is 35.5. The van der Waals surface area contributed by atoms with Crippen molar-refractivity contribution < 1.29 is 23.8 Å². The van der Waals surface area contributed by atoms with Crippen LogP contribution in [0.2, 0.25) is 5.02 Å². The van der Waals surface area contributed by atoms with Gasteiger partial charge in [-0.25, -0.2) is 0 Å². The molecule has 8 heteroatoms. The van der Waals surface area contributed by atoms with Crippen molar-refractivity contribution in [2.24, 2.45) is 0 Å². The van der Waals surface area contributed by atoms with E-state index in [4.69, 9.17) is 25.8 Å². The lowest BCUT2D eigenvalue weighted by Gasteiger charge is -2.14. The Bertz CT molecular complexity index is 825. The molecule has 0 saturated heterocycles. The van der Waals surface area contributed by atoms with Crippen molar-refractivity contribution in [2.75, 3.05) is 13.4 Å². The Labute approximate surface area is 161 Å². The smallest absolute Gasteiger partial charge is 0.258 e. The van der Waals surface area contributed by atoms with E-state index in [2.05, 4.69) is 10.6 Å². The average molecular weight is 391 g/mol. The van der Waals surface area contributed by atoms with Crippen LogP contribution in [0.15, 0.2) is 42.5 Å². The van der Waals surface area contributed by atoms with E-state index in [1.165, 1.54) is 0 Å². The van der Waals surface area contributed by atoms with Crippen LogP contribution in [-0.2, 0) is 16.1 Å². The van der Waals surface area contributed by atoms with E-state index < -0.39 is 11.9 Å². The Hall–Kier alpha value is -2.93. The lowest BCUT2D eigenvalue weighted by atomic mass is 10.2. The maximum absolute atomic E-state index is 12.2. The summed E-state index contributed by atoms with van der Waals surface area (Å²) in [5.74, 6) is 1.17. The zero-order valence-corrected chi connectivity index (χ0v) is 15.4. The van der Waals surface area contributed by atoms with Gasteiger partial charge in [-0.05, 0) is 48.9 Å². The van der Waals surface area contributed by atoms with Gasteiger partial charge >= 0.3 is 0 Å². The van der Waals surface area contributed by atoms with Crippen LogP contribution in [0.3, 0.4) is 0 Å². The Kier molecular flexibility index (Phi) is 6.03. The molecule has 2 amide bonds. The van der Waals surface area contributed by atoms with E-state index in [0.29, 0.717) is 28.8 Å².